The van der Waals surface area contributed by atoms with Crippen LogP contribution in [0.1, 0.15) is 105 Å². The normalized spacial score (nSPS) is 21.9. The Morgan fingerprint density at radius 3 is 1.20 bits per heavy atom. The Kier molecular flexibility index (Phi) is 11.4. The highest BCUT2D eigenvalue weighted by molar-refractivity contribution is 5.69. The second-order valence-corrected chi connectivity index (χ2v) is 14.8. The van der Waals surface area contributed by atoms with Crippen molar-refractivity contribution < 1.29 is 38.2 Å². The Labute approximate surface area is 264 Å². The van der Waals surface area contributed by atoms with Crippen LogP contribution in [0.4, 0.5) is 0 Å². The molecule has 0 aromatic heterocycles. The molecule has 0 bridgehead atoms. The van der Waals surface area contributed by atoms with Crippen LogP contribution < -0.4 is 9.47 Å². The Bertz CT molecular complexity index is 1040. The lowest BCUT2D eigenvalue weighted by molar-refractivity contribution is -0.291. The summed E-state index contributed by atoms with van der Waals surface area (Å²) in [5.74, 6) is 0.998. The van der Waals surface area contributed by atoms with E-state index in [4.69, 9.17) is 28.6 Å². The van der Waals surface area contributed by atoms with E-state index in [-0.39, 0.29) is 72.4 Å². The molecule has 10 nitrogen and oxygen atoms in total. The highest BCUT2D eigenvalue weighted by Gasteiger charge is 2.49. The average Bonchev–Trinajstić information content (AvgIpc) is 2.89. The largest absolute Gasteiger partial charge is 0.486 e. The second-order valence-electron chi connectivity index (χ2n) is 14.8. The summed E-state index contributed by atoms with van der Waals surface area (Å²) in [4.78, 5) is 35.6. The van der Waals surface area contributed by atoms with Crippen LogP contribution in [0.25, 0.3) is 0 Å². The minimum absolute atomic E-state index is 0.0683. The molecule has 2 fully saturated rings. The quantitative estimate of drug-likeness (QED) is 0.255. The van der Waals surface area contributed by atoms with Crippen LogP contribution in [0.2, 0.25) is 0 Å². The lowest BCUT2D eigenvalue weighted by Gasteiger charge is -2.54. The third-order valence-electron chi connectivity index (χ3n) is 8.69. The summed E-state index contributed by atoms with van der Waals surface area (Å²) in [7, 11) is 2.78. The fourth-order valence-electron chi connectivity index (χ4n) is 7.24. The molecule has 3 rings (SSSR count). The van der Waals surface area contributed by atoms with Gasteiger partial charge in [0, 0.05) is 47.8 Å². The molecule has 2 saturated heterocycles. The third-order valence-corrected chi connectivity index (χ3v) is 8.69. The van der Waals surface area contributed by atoms with Crippen molar-refractivity contribution in [2.45, 2.75) is 142 Å². The zero-order valence-electron chi connectivity index (χ0n) is 29.1. The molecule has 2 heterocycles. The molecule has 0 radical (unpaired) electrons. The number of methoxy groups -OCH3 is 2. The smallest absolute Gasteiger partial charge is 0.307 e. The molecule has 44 heavy (non-hydrogen) atoms. The van der Waals surface area contributed by atoms with E-state index in [1.165, 1.54) is 14.2 Å². The molecule has 2 aliphatic rings. The molecule has 250 valence electrons. The molecule has 1 aromatic rings. The lowest BCUT2D eigenvalue weighted by Crippen LogP contribution is -2.62. The van der Waals surface area contributed by atoms with E-state index in [1.807, 2.05) is 10.1 Å². The van der Waals surface area contributed by atoms with Crippen LogP contribution in [0.15, 0.2) is 12.1 Å². The minimum atomic E-state index is -0.337. The molecule has 0 atom stereocenters. The summed E-state index contributed by atoms with van der Waals surface area (Å²) in [5.41, 5.74) is 0.707. The maximum atomic E-state index is 11.7. The molecular formula is C34H56N2O8. The first-order valence-electron chi connectivity index (χ1n) is 15.8. The average molecular weight is 621 g/mol. The van der Waals surface area contributed by atoms with E-state index in [0.717, 1.165) is 48.3 Å². The summed E-state index contributed by atoms with van der Waals surface area (Å²) >= 11 is 0. The van der Waals surface area contributed by atoms with Gasteiger partial charge in [0.25, 0.3) is 0 Å². The Morgan fingerprint density at radius 1 is 0.636 bits per heavy atom. The number of hydrogen-bond acceptors (Lipinski definition) is 10. The highest BCUT2D eigenvalue weighted by atomic mass is 16.7. The van der Waals surface area contributed by atoms with Crippen LogP contribution in [-0.4, -0.2) is 83.9 Å². The summed E-state index contributed by atoms with van der Waals surface area (Å²) in [5, 5.41) is 4.04. The van der Waals surface area contributed by atoms with Crippen LogP contribution in [0, 0.1) is 13.8 Å². The van der Waals surface area contributed by atoms with Gasteiger partial charge in [-0.2, -0.15) is 10.1 Å². The number of carbonyl (C=O) groups is 2. The predicted molar refractivity (Wildman–Crippen MR) is 168 cm³/mol. The van der Waals surface area contributed by atoms with Gasteiger partial charge in [0.05, 0.1) is 40.3 Å². The van der Waals surface area contributed by atoms with Crippen LogP contribution in [0.3, 0.4) is 0 Å². The third kappa shape index (κ3) is 8.65. The number of rotatable bonds is 12. The maximum absolute atomic E-state index is 11.7. The van der Waals surface area contributed by atoms with Crippen molar-refractivity contribution in [3.05, 3.63) is 23.3 Å². The van der Waals surface area contributed by atoms with Gasteiger partial charge in [0.2, 0.25) is 0 Å². The fraction of sp³-hybridized carbons (Fsp3) is 0.765. The molecule has 0 aliphatic carbocycles. The summed E-state index contributed by atoms with van der Waals surface area (Å²) in [6.45, 7) is 21.8. The number of nitrogens with zero attached hydrogens (tertiary/aromatic N) is 2. The van der Waals surface area contributed by atoms with E-state index in [2.05, 4.69) is 81.4 Å². The number of benzene rings is 1. The first-order chi connectivity index (χ1) is 20.3. The molecular weight excluding hydrogens is 564 g/mol. The lowest BCUT2D eigenvalue weighted by atomic mass is 9.80. The monoisotopic (exact) mass is 620 g/mol. The molecule has 10 heteroatoms. The van der Waals surface area contributed by atoms with Gasteiger partial charge in [-0.25, -0.2) is 0 Å². The van der Waals surface area contributed by atoms with E-state index >= 15 is 0 Å². The predicted octanol–water partition coefficient (Wildman–Crippen LogP) is 6.09. The highest BCUT2D eigenvalue weighted by Crippen LogP contribution is 2.45. The summed E-state index contributed by atoms with van der Waals surface area (Å²) in [6, 6.07) is 4.18. The molecule has 1 aromatic carbocycles. The van der Waals surface area contributed by atoms with Gasteiger partial charge < -0.3 is 18.9 Å². The van der Waals surface area contributed by atoms with E-state index in [9.17, 15) is 9.59 Å². The van der Waals surface area contributed by atoms with Crippen molar-refractivity contribution in [3.63, 3.8) is 0 Å². The van der Waals surface area contributed by atoms with Crippen molar-refractivity contribution in [1.82, 2.24) is 10.1 Å². The SMILES string of the molecule is COC(=O)CCON1C(C)(C)CC(Oc2c(C)ccc(C)c2OC2CC(C)(C)N(OCCC(=O)OC)C(C)(C)C2)CC1(C)C. The van der Waals surface area contributed by atoms with Crippen molar-refractivity contribution in [2.24, 2.45) is 0 Å². The number of esters is 2. The standard InChI is InChI=1S/C34H56N2O8/c1-23-13-14-24(2)30(44-26-21-33(7,8)36(34(9,10)22-26)42-18-16-28(38)40-12)29(23)43-25-19-31(3,4)35(32(5,6)20-25)41-17-15-27(37)39-11/h13-14,25-26H,15-22H2,1-12H3. The molecule has 2 aliphatic heterocycles. The van der Waals surface area contributed by atoms with Crippen molar-refractivity contribution in [2.75, 3.05) is 27.4 Å². The van der Waals surface area contributed by atoms with Gasteiger partial charge in [0.15, 0.2) is 11.5 Å². The summed E-state index contributed by atoms with van der Waals surface area (Å²) in [6.07, 6.45) is 3.22. The number of piperidine rings is 2. The van der Waals surface area contributed by atoms with Crippen LogP contribution in [-0.2, 0) is 28.7 Å². The van der Waals surface area contributed by atoms with Crippen molar-refractivity contribution in [1.29, 1.82) is 0 Å². The Hall–Kier alpha value is -2.40. The van der Waals surface area contributed by atoms with E-state index in [0.29, 0.717) is 0 Å². The molecule has 0 amide bonds. The minimum Gasteiger partial charge on any atom is -0.486 e. The maximum Gasteiger partial charge on any atom is 0.307 e. The Balaban J connectivity index is 1.77. The van der Waals surface area contributed by atoms with Gasteiger partial charge >= 0.3 is 11.9 Å². The van der Waals surface area contributed by atoms with E-state index < -0.39 is 0 Å². The molecule has 0 saturated carbocycles. The number of hydroxylamine groups is 4. The van der Waals surface area contributed by atoms with Crippen molar-refractivity contribution >= 4 is 11.9 Å². The summed E-state index contributed by atoms with van der Waals surface area (Å²) < 4.78 is 23.3. The Morgan fingerprint density at radius 2 is 0.932 bits per heavy atom. The first-order valence-corrected chi connectivity index (χ1v) is 15.8. The zero-order valence-corrected chi connectivity index (χ0v) is 29.1. The van der Waals surface area contributed by atoms with Gasteiger partial charge in [-0.1, -0.05) is 12.1 Å². The van der Waals surface area contributed by atoms with Gasteiger partial charge in [-0.05, 0) is 80.4 Å². The first kappa shape index (κ1) is 36.1. The number of aryl methyl sites for hydroxylation is 2. The van der Waals surface area contributed by atoms with Gasteiger partial charge in [-0.3, -0.25) is 19.3 Å². The topological polar surface area (TPSA) is 96.0 Å². The number of carbonyl (C=O) groups excluding carboxylic acids is 2. The molecule has 0 unspecified atom stereocenters. The molecule has 0 spiro atoms. The van der Waals surface area contributed by atoms with Crippen LogP contribution >= 0.6 is 0 Å². The second kappa shape index (κ2) is 13.9. The number of ether oxygens (including phenoxy) is 4. The number of hydrogen-bond donors (Lipinski definition) is 0. The van der Waals surface area contributed by atoms with Crippen LogP contribution in [0.5, 0.6) is 11.5 Å². The van der Waals surface area contributed by atoms with E-state index in [1.54, 1.807) is 0 Å². The fourth-order valence-corrected chi connectivity index (χ4v) is 7.24. The van der Waals surface area contributed by atoms with Gasteiger partial charge in [-0.15, -0.1) is 0 Å². The van der Waals surface area contributed by atoms with Crippen molar-refractivity contribution in [3.8, 4) is 11.5 Å². The molecule has 0 N–H and O–H groups in total. The zero-order chi connectivity index (χ0) is 33.1. The van der Waals surface area contributed by atoms with Gasteiger partial charge in [0.1, 0.15) is 12.2 Å².